The number of fused-ring (bicyclic) bond motifs is 1. The minimum Gasteiger partial charge on any atom is -0.390 e. The van der Waals surface area contributed by atoms with Gasteiger partial charge >= 0.3 is 0 Å². The molecular weight excluding hydrogens is 350 g/mol. The molecule has 148 valence electrons. The summed E-state index contributed by atoms with van der Waals surface area (Å²) in [5, 5.41) is 13.8. The normalized spacial score (nSPS) is 26.9. The zero-order chi connectivity index (χ0) is 19.6. The number of hydrogen-bond acceptors (Lipinski definition) is 4. The summed E-state index contributed by atoms with van der Waals surface area (Å²) in [5.74, 6) is 1.71. The van der Waals surface area contributed by atoms with Crippen LogP contribution in [0, 0.1) is 11.8 Å². The molecule has 1 amide bonds. The Kier molecular flexibility index (Phi) is 5.47. The highest BCUT2D eigenvalue weighted by Gasteiger charge is 2.47. The number of hydrogen-bond donors (Lipinski definition) is 2. The molecule has 2 aromatic rings. The zero-order valence-electron chi connectivity index (χ0n) is 16.5. The smallest absolute Gasteiger partial charge is 0.222 e. The first-order valence-electron chi connectivity index (χ1n) is 10.2. The molecule has 1 aromatic heterocycles. The fourth-order valence-corrected chi connectivity index (χ4v) is 4.97. The lowest BCUT2D eigenvalue weighted by Gasteiger charge is -2.26. The van der Waals surface area contributed by atoms with Gasteiger partial charge < -0.3 is 15.3 Å². The Balaban J connectivity index is 1.25. The first-order valence-corrected chi connectivity index (χ1v) is 10.2. The molecule has 1 saturated carbocycles. The molecule has 0 radical (unpaired) electrons. The first-order chi connectivity index (χ1) is 13.5. The predicted octanol–water partition coefficient (Wildman–Crippen LogP) is 2.90. The summed E-state index contributed by atoms with van der Waals surface area (Å²) in [6.07, 6.45) is 5.40. The Morgan fingerprint density at radius 3 is 2.46 bits per heavy atom. The molecule has 1 aliphatic heterocycles. The van der Waals surface area contributed by atoms with Gasteiger partial charge in [0, 0.05) is 39.2 Å². The standard InChI is InChI=1S/C23H29N3O2/c1-17(27)25-22-8-7-19(14-24-22)9-10-26-15-20-12-23(28,13-21(20)16-26)11-18-5-3-2-4-6-18/h2-8,14,20-21,28H,9-13,15-16H2,1H3,(H,24,25,27)/t20-,21?,23?/m1/s1. The van der Waals surface area contributed by atoms with Crippen LogP contribution in [-0.2, 0) is 17.6 Å². The molecule has 1 aliphatic carbocycles. The van der Waals surface area contributed by atoms with Crippen LogP contribution in [0.3, 0.4) is 0 Å². The van der Waals surface area contributed by atoms with Crippen molar-refractivity contribution in [1.82, 2.24) is 9.88 Å². The van der Waals surface area contributed by atoms with Crippen molar-refractivity contribution in [2.24, 2.45) is 11.8 Å². The number of nitrogens with one attached hydrogen (secondary N) is 1. The van der Waals surface area contributed by atoms with E-state index in [1.54, 1.807) is 0 Å². The van der Waals surface area contributed by atoms with Gasteiger partial charge in [0.2, 0.25) is 5.91 Å². The Labute approximate surface area is 166 Å². The van der Waals surface area contributed by atoms with Crippen molar-refractivity contribution in [3.05, 3.63) is 59.8 Å². The quantitative estimate of drug-likeness (QED) is 0.810. The molecule has 0 spiro atoms. The highest BCUT2D eigenvalue weighted by molar-refractivity contribution is 5.87. The number of carbonyl (C=O) groups excluding carboxylic acids is 1. The number of aromatic nitrogens is 1. The number of nitrogens with zero attached hydrogens (tertiary/aromatic N) is 2. The number of benzene rings is 1. The molecule has 3 atom stereocenters. The van der Waals surface area contributed by atoms with E-state index < -0.39 is 5.60 Å². The lowest BCUT2D eigenvalue weighted by Crippen LogP contribution is -2.32. The molecule has 5 nitrogen and oxygen atoms in total. The van der Waals surface area contributed by atoms with Crippen molar-refractivity contribution < 1.29 is 9.90 Å². The zero-order valence-corrected chi connectivity index (χ0v) is 16.5. The number of amides is 1. The van der Waals surface area contributed by atoms with Crippen molar-refractivity contribution in [2.45, 2.75) is 38.2 Å². The van der Waals surface area contributed by atoms with Gasteiger partial charge in [-0.2, -0.15) is 0 Å². The monoisotopic (exact) mass is 379 g/mol. The number of carbonyl (C=O) groups is 1. The van der Waals surface area contributed by atoms with E-state index in [4.69, 9.17) is 0 Å². The maximum absolute atomic E-state index is 11.1. The highest BCUT2D eigenvalue weighted by Crippen LogP contribution is 2.45. The van der Waals surface area contributed by atoms with Crippen LogP contribution in [0.15, 0.2) is 48.7 Å². The molecule has 4 rings (SSSR count). The van der Waals surface area contributed by atoms with Crippen molar-refractivity contribution in [3.63, 3.8) is 0 Å². The third-order valence-electron chi connectivity index (χ3n) is 6.16. The molecule has 2 N–H and O–H groups in total. The van der Waals surface area contributed by atoms with Crippen molar-refractivity contribution >= 4 is 11.7 Å². The molecule has 28 heavy (non-hydrogen) atoms. The Hall–Kier alpha value is -2.24. The van der Waals surface area contributed by atoms with E-state index in [0.717, 1.165) is 45.3 Å². The van der Waals surface area contributed by atoms with E-state index in [-0.39, 0.29) is 5.91 Å². The number of anilines is 1. The number of likely N-dealkylation sites (tertiary alicyclic amines) is 1. The number of pyridine rings is 1. The summed E-state index contributed by atoms with van der Waals surface area (Å²) >= 11 is 0. The summed E-state index contributed by atoms with van der Waals surface area (Å²) in [4.78, 5) is 17.9. The van der Waals surface area contributed by atoms with Crippen LogP contribution in [0.4, 0.5) is 5.82 Å². The van der Waals surface area contributed by atoms with Gasteiger partial charge in [-0.1, -0.05) is 36.4 Å². The summed E-state index contributed by atoms with van der Waals surface area (Å²) in [6.45, 7) is 4.67. The van der Waals surface area contributed by atoms with Gasteiger partial charge in [0.1, 0.15) is 5.82 Å². The van der Waals surface area contributed by atoms with Gasteiger partial charge in [-0.05, 0) is 48.3 Å². The summed E-state index contributed by atoms with van der Waals surface area (Å²) in [5.41, 5.74) is 1.88. The maximum atomic E-state index is 11.1. The fraction of sp³-hybridized carbons (Fsp3) is 0.478. The predicted molar refractivity (Wildman–Crippen MR) is 110 cm³/mol. The van der Waals surface area contributed by atoms with Crippen LogP contribution in [-0.4, -0.2) is 46.1 Å². The number of aliphatic hydroxyl groups is 1. The highest BCUT2D eigenvalue weighted by atomic mass is 16.3. The van der Waals surface area contributed by atoms with E-state index in [0.29, 0.717) is 17.7 Å². The fourth-order valence-electron chi connectivity index (χ4n) is 4.97. The van der Waals surface area contributed by atoms with Gasteiger partial charge in [-0.15, -0.1) is 0 Å². The minimum absolute atomic E-state index is 0.101. The molecule has 2 fully saturated rings. The van der Waals surface area contributed by atoms with Crippen molar-refractivity contribution in [2.75, 3.05) is 25.0 Å². The molecule has 1 aromatic carbocycles. The first kappa shape index (κ1) is 19.1. The molecule has 5 heteroatoms. The SMILES string of the molecule is CC(=O)Nc1ccc(CCN2CC3CC(O)(Cc4ccccc4)C[C@@H]3C2)cn1. The summed E-state index contributed by atoms with van der Waals surface area (Å²) < 4.78 is 0. The average molecular weight is 380 g/mol. The van der Waals surface area contributed by atoms with E-state index in [9.17, 15) is 9.90 Å². The molecule has 1 saturated heterocycles. The topological polar surface area (TPSA) is 65.5 Å². The van der Waals surface area contributed by atoms with Gasteiger partial charge in [0.25, 0.3) is 0 Å². The maximum Gasteiger partial charge on any atom is 0.222 e. The minimum atomic E-state index is -0.535. The Bertz CT molecular complexity index is 792. The Morgan fingerprint density at radius 1 is 1.14 bits per heavy atom. The van der Waals surface area contributed by atoms with E-state index in [1.807, 2.05) is 36.5 Å². The molecule has 2 heterocycles. The second-order valence-corrected chi connectivity index (χ2v) is 8.56. The molecule has 0 bridgehead atoms. The van der Waals surface area contributed by atoms with Crippen LogP contribution in [0.5, 0.6) is 0 Å². The van der Waals surface area contributed by atoms with Crippen LogP contribution < -0.4 is 5.32 Å². The second kappa shape index (κ2) is 8.02. The van der Waals surface area contributed by atoms with Crippen molar-refractivity contribution in [3.8, 4) is 0 Å². The summed E-state index contributed by atoms with van der Waals surface area (Å²) in [7, 11) is 0. The second-order valence-electron chi connectivity index (χ2n) is 8.56. The summed E-state index contributed by atoms with van der Waals surface area (Å²) in [6, 6.07) is 14.2. The van der Waals surface area contributed by atoms with Gasteiger partial charge in [-0.3, -0.25) is 4.79 Å². The van der Waals surface area contributed by atoms with E-state index in [1.165, 1.54) is 18.1 Å². The lowest BCUT2D eigenvalue weighted by atomic mass is 9.91. The van der Waals surface area contributed by atoms with Crippen LogP contribution in [0.1, 0.15) is 30.9 Å². The van der Waals surface area contributed by atoms with E-state index >= 15 is 0 Å². The largest absolute Gasteiger partial charge is 0.390 e. The van der Waals surface area contributed by atoms with Gasteiger partial charge in [0.15, 0.2) is 0 Å². The number of rotatable bonds is 6. The van der Waals surface area contributed by atoms with Crippen LogP contribution in [0.25, 0.3) is 0 Å². The van der Waals surface area contributed by atoms with Gasteiger partial charge in [-0.25, -0.2) is 4.98 Å². The van der Waals surface area contributed by atoms with E-state index in [2.05, 4.69) is 27.3 Å². The molecule has 2 unspecified atom stereocenters. The van der Waals surface area contributed by atoms with Crippen LogP contribution >= 0.6 is 0 Å². The molecular formula is C23H29N3O2. The average Bonchev–Trinajstić information content (AvgIpc) is 3.15. The third-order valence-corrected chi connectivity index (χ3v) is 6.16. The van der Waals surface area contributed by atoms with Crippen molar-refractivity contribution in [1.29, 1.82) is 0 Å². The Morgan fingerprint density at radius 2 is 1.86 bits per heavy atom. The molecule has 2 aliphatic rings. The van der Waals surface area contributed by atoms with Gasteiger partial charge in [0.05, 0.1) is 5.60 Å². The van der Waals surface area contributed by atoms with Crippen LogP contribution in [0.2, 0.25) is 0 Å². The third kappa shape index (κ3) is 4.59. The lowest BCUT2D eigenvalue weighted by molar-refractivity contribution is -0.114.